The van der Waals surface area contributed by atoms with Crippen LogP contribution in [0.1, 0.15) is 71.3 Å². The number of halogens is 4. The van der Waals surface area contributed by atoms with Crippen molar-refractivity contribution in [3.05, 3.63) is 92.3 Å². The van der Waals surface area contributed by atoms with Gasteiger partial charge in [-0.25, -0.2) is 45.9 Å². The van der Waals surface area contributed by atoms with Gasteiger partial charge in [0.2, 0.25) is 38.9 Å². The number of ether oxygens (including phenoxy) is 2. The number of carbonyl (C=O) groups is 5. The minimum absolute atomic E-state index is 0. The lowest BCUT2D eigenvalue weighted by molar-refractivity contribution is -0.147. The molecule has 8 aliphatic rings. The first-order chi connectivity index (χ1) is 63.0. The third kappa shape index (κ3) is 37.9. The van der Waals surface area contributed by atoms with Gasteiger partial charge in [-0.3, -0.25) is 33.1 Å². The molecule has 5 unspecified atom stereocenters. The predicted octanol–water partition coefficient (Wildman–Crippen LogP) is 4.89. The fraction of sp³-hybridized carbons (Fsp3) is 0.646. The summed E-state index contributed by atoms with van der Waals surface area (Å²) in [7, 11) is 21.1. The Kier molecular flexibility index (Phi) is 51.8. The highest BCUT2D eigenvalue weighted by molar-refractivity contribution is 7.92. The number of carboxylic acids is 1. The van der Waals surface area contributed by atoms with Crippen LogP contribution in [0.25, 0.3) is 44.6 Å². The fourth-order valence-corrected chi connectivity index (χ4v) is 18.2. The molecule has 0 saturated carbocycles. The van der Waals surface area contributed by atoms with Gasteiger partial charge >= 0.3 is 13.0 Å². The van der Waals surface area contributed by atoms with Crippen LogP contribution in [0, 0.1) is 41.4 Å². The molecular weight excluding hydrogens is 1800 g/mol. The van der Waals surface area contributed by atoms with E-state index >= 15 is 0 Å². The summed E-state index contributed by atoms with van der Waals surface area (Å²) in [5.74, 6) is -3.26. The number of hydrogen-bond acceptors (Lipinski definition) is 29. The van der Waals surface area contributed by atoms with Crippen LogP contribution in [-0.2, 0) is 64.4 Å². The standard InChI is InChI=1S/C16H20BFN6O.C15H21N5OSi.C13H15BFNO4S.C8H13BFNO4S.C7H11BFNO2.C6H10BNO3.C6H12BNO2.C6H10BNO2.C4H8O.CH4.B/c1-17(25)23-5-3-11(8-23)14(6-18)24-9-12(7-22-24)15-13-2-4-19-16(13)21-10-20-15;1-22(2,3)7-6-21-11-20-5-4-13-14(12-8-18-19-9-12)16-10-17-15(13)20;14-13(18)16-7-6-9(8-16)11(17)12(15)21(19,20)10-4-2-1-3-5-10;1-16(13,14)15-7(4-10)6-2-3-11(5-6)8(9)12;8-7(12)10-2-1-5(4-10)6(11)3-9;7-4-11-8-2-1-5(3-8)6(9)10;2*7-5-10-8-2-1-6(3-8)4-9;1-2-4-5-3-1;;/h2,4,7,9-11,14,25H,3,5-6,8H2,1H3,(H,19,20,21);4-5,8-10H,6-7,11H2,1-3H3,(H,18,19);1-5,9,11-12,17H,6-8H2;6-7H,2-5H2,1H3;5-6,11H,1-4H2;5H,1-4H2,(H,9,10);6,9H,1-5H2;4,6H,1-3,5H2;1-4H2;1H4;/t11-,14?;;9-,11?,12?;6-,7?;5-,6?;5-;2*6-;;;/m0.000000.../s1. The van der Waals surface area contributed by atoms with Crippen molar-refractivity contribution in [2.75, 3.05) is 164 Å². The lowest BCUT2D eigenvalue weighted by Gasteiger charge is -2.22. The number of hydrogen-bond donors (Lipinski definition) is 7. The van der Waals surface area contributed by atoms with E-state index < -0.39 is 108 Å². The monoisotopic (exact) mass is 1920 g/mol. The van der Waals surface area contributed by atoms with Crippen LogP contribution in [0.5, 0.6) is 0 Å². The Morgan fingerprint density at radius 3 is 1.77 bits per heavy atom. The Morgan fingerprint density at radius 2 is 1.26 bits per heavy atom. The number of fused-ring (bicyclic) bond motifs is 2. The van der Waals surface area contributed by atoms with Gasteiger partial charge in [0.1, 0.15) is 92.7 Å². The maximum absolute atomic E-state index is 14.3. The average molecular weight is 1920 g/mol. The quantitative estimate of drug-likeness (QED) is 0.0104. The van der Waals surface area contributed by atoms with Gasteiger partial charge in [-0.2, -0.15) is 33.8 Å². The number of aldehydes is 1. The molecule has 3 amide bonds. The van der Waals surface area contributed by atoms with Crippen molar-refractivity contribution in [3.63, 3.8) is 0 Å². The number of alkyl halides is 4. The summed E-state index contributed by atoms with van der Waals surface area (Å²) >= 11 is 0. The molecule has 8 saturated heterocycles. The van der Waals surface area contributed by atoms with E-state index in [0.29, 0.717) is 84.1 Å². The van der Waals surface area contributed by atoms with Crippen molar-refractivity contribution < 1.29 is 112 Å². The molecular formula is C82H124B8F4N17O20S2Si. The fourth-order valence-electron chi connectivity index (χ4n) is 15.4. The number of likely N-dealkylation sites (tertiary alicyclic amines) is 3. The number of amides is 3. The maximum atomic E-state index is 14.3. The summed E-state index contributed by atoms with van der Waals surface area (Å²) in [6, 6.07) is 11.9. The van der Waals surface area contributed by atoms with Crippen LogP contribution in [0.2, 0.25) is 32.5 Å². The molecule has 8 aliphatic heterocycles. The molecule has 725 valence electrons. The number of H-pyrrole nitrogens is 2. The Bertz CT molecular complexity index is 4810. The highest BCUT2D eigenvalue weighted by Gasteiger charge is 2.42. The largest absolute Gasteiger partial charge is 0.481 e. The zero-order valence-corrected chi connectivity index (χ0v) is 78.6. The number of nitrogens with one attached hydrogen (secondary N) is 2. The number of aliphatic carboxylic acids is 1. The summed E-state index contributed by atoms with van der Waals surface area (Å²) in [4.78, 5) is 94.3. The Morgan fingerprint density at radius 1 is 0.687 bits per heavy atom. The molecule has 12 atom stereocenters. The highest BCUT2D eigenvalue weighted by atomic mass is 32.2. The Hall–Kier alpha value is -7.77. The summed E-state index contributed by atoms with van der Waals surface area (Å²) < 4.78 is 118. The van der Waals surface area contributed by atoms with Crippen molar-refractivity contribution in [2.45, 2.75) is 139 Å². The number of nitrogens with zero attached hydrogens (tertiary/aromatic N) is 15. The number of aromatic nitrogens is 10. The summed E-state index contributed by atoms with van der Waals surface area (Å²) in [5, 5.41) is 64.4. The number of aromatic amines is 2. The molecule has 15 rings (SSSR count). The van der Waals surface area contributed by atoms with Crippen LogP contribution in [0.4, 0.5) is 31.9 Å². The number of benzene rings is 1. The molecule has 1 aromatic carbocycles. The minimum Gasteiger partial charge on any atom is -0.481 e. The van der Waals surface area contributed by atoms with Gasteiger partial charge in [-0.15, -0.1) is 0 Å². The van der Waals surface area contributed by atoms with Crippen molar-refractivity contribution >= 4 is 142 Å². The number of rotatable bonds is 30. The second-order valence-corrected chi connectivity index (χ2v) is 43.0. The number of aliphatic hydroxyl groups is 3. The van der Waals surface area contributed by atoms with Crippen LogP contribution < -0.4 is 0 Å². The van der Waals surface area contributed by atoms with E-state index in [1.54, 1.807) is 51.5 Å². The molecule has 8 fully saturated rings. The average Bonchev–Trinajstić information content (AvgIpc) is 1.53. The minimum atomic E-state index is -4.26. The number of carbonyl (C=O) groups excluding carboxylic acids is 4. The smallest absolute Gasteiger partial charge is 0.376 e. The summed E-state index contributed by atoms with van der Waals surface area (Å²) in [5.41, 5.74) is 2.70. The van der Waals surface area contributed by atoms with E-state index in [-0.39, 0.29) is 102 Å². The van der Waals surface area contributed by atoms with Gasteiger partial charge in [0, 0.05) is 211 Å². The number of hydroxylamine groups is 6. The molecule has 134 heavy (non-hydrogen) atoms. The molecule has 14 heterocycles. The molecule has 7 N–H and O–H groups in total. The van der Waals surface area contributed by atoms with E-state index in [4.69, 9.17) is 86.4 Å². The second kappa shape index (κ2) is 59.5. The molecule has 0 bridgehead atoms. The molecule has 52 heteroatoms. The van der Waals surface area contributed by atoms with Crippen molar-refractivity contribution in [1.29, 1.82) is 0 Å². The SMILES string of the molecule is C.C1CCOC1.CB(O)N1CC[C@H](C(CF)n2cc(-c3ncnc4[nH]ccc34)cn2)C1.C[Si](C)(C)CCOCn1ccc2c(-c3cn[nH]c3)ncnc21.[B].[B]C(=O)N1CC[C@H](C(CF)OS(C)(=O)=O)C1.[B]C(=O)N1CC[C@H](C(O)C(F)S(=O)(=O)c2ccccc2)C1.[B]C(=O)N1CC[C@H](C(O)CF)C1.[B]CON1CC[C@H](C(=O)O)C1.[B]CON1CC[C@H](C=O)C1.[B]CON1CC[C@H](CO)C1. The van der Waals surface area contributed by atoms with E-state index in [0.717, 1.165) is 122 Å². The molecule has 0 aliphatic carbocycles. The molecule has 15 radical (unpaired) electrons. The third-order valence-electron chi connectivity index (χ3n) is 23.0. The van der Waals surface area contributed by atoms with Crippen LogP contribution >= 0.6 is 0 Å². The molecule has 37 nitrogen and oxygen atoms in total. The van der Waals surface area contributed by atoms with E-state index in [1.807, 2.05) is 46.3 Å². The number of sulfone groups is 1. The third-order valence-corrected chi connectivity index (χ3v) is 27.1. The van der Waals surface area contributed by atoms with E-state index in [2.05, 4.69) is 64.0 Å². The predicted molar refractivity (Wildman–Crippen MR) is 505 cm³/mol. The Labute approximate surface area is 793 Å². The second-order valence-electron chi connectivity index (χ2n) is 33.8. The summed E-state index contributed by atoms with van der Waals surface area (Å²) in [6.07, 6.45) is 19.7. The first kappa shape index (κ1) is 117. The molecule has 0 spiro atoms. The van der Waals surface area contributed by atoms with Gasteiger partial charge in [0.05, 0.1) is 53.0 Å². The van der Waals surface area contributed by atoms with Gasteiger partial charge in [-0.05, 0) is 120 Å². The highest BCUT2D eigenvalue weighted by Crippen LogP contribution is 2.34. The molecule has 6 aromatic heterocycles. The zero-order valence-electron chi connectivity index (χ0n) is 75.9. The van der Waals surface area contributed by atoms with Crippen LogP contribution in [0.3, 0.4) is 0 Å². The number of aliphatic hydroxyl groups excluding tert-OH is 3. The topological polar surface area (TPSA) is 452 Å². The molecule has 7 aromatic rings. The van der Waals surface area contributed by atoms with Crippen LogP contribution in [0.15, 0.2) is 97.2 Å². The van der Waals surface area contributed by atoms with Crippen LogP contribution in [-0.4, -0.2) is 414 Å². The zero-order chi connectivity index (χ0) is 96.7. The van der Waals surface area contributed by atoms with Gasteiger partial charge in [-0.1, -0.05) is 45.3 Å². The lowest BCUT2D eigenvalue weighted by atomic mass is 9.85. The van der Waals surface area contributed by atoms with E-state index in [9.17, 15) is 68.5 Å². The van der Waals surface area contributed by atoms with Gasteiger partial charge in [0.25, 0.3) is 10.1 Å². The van der Waals surface area contributed by atoms with Crippen molar-refractivity contribution in [3.8, 4) is 22.5 Å². The van der Waals surface area contributed by atoms with Gasteiger partial charge in [0.15, 0.2) is 17.4 Å². The van der Waals surface area contributed by atoms with Crippen molar-refractivity contribution in [1.82, 2.24) is 84.2 Å². The lowest BCUT2D eigenvalue weighted by Crippen LogP contribution is -2.38. The van der Waals surface area contributed by atoms with E-state index in [1.165, 1.54) is 64.2 Å². The first-order valence-corrected chi connectivity index (χ1v) is 50.8. The Balaban J connectivity index is 0.000000274. The normalized spacial score (nSPS) is 21.3. The van der Waals surface area contributed by atoms with Crippen molar-refractivity contribution in [2.24, 2.45) is 41.4 Å². The maximum Gasteiger partial charge on any atom is 0.376 e. The first-order valence-electron chi connectivity index (χ1n) is 43.7. The number of carboxylic acid groups (broad SMARTS) is 1. The summed E-state index contributed by atoms with van der Waals surface area (Å²) in [6.45, 7) is 18.5. The van der Waals surface area contributed by atoms with Gasteiger partial charge < -0.3 is 83.3 Å².